The lowest BCUT2D eigenvalue weighted by Gasteiger charge is -2.20. The Morgan fingerprint density at radius 3 is 1.41 bits per heavy atom. The zero-order valence-corrected chi connectivity index (χ0v) is 38.6. The van der Waals surface area contributed by atoms with Crippen LogP contribution in [0.25, 0.3) is 55.4 Å². The van der Waals surface area contributed by atoms with Crippen LogP contribution in [0, 0.1) is 13.8 Å². The van der Waals surface area contributed by atoms with Crippen LogP contribution >= 0.6 is 0 Å². The van der Waals surface area contributed by atoms with E-state index in [0.29, 0.717) is 12.8 Å². The first-order valence-electron chi connectivity index (χ1n) is 22.8. The first-order valence-corrected chi connectivity index (χ1v) is 22.8. The molecule has 2 aliphatic heterocycles. The summed E-state index contributed by atoms with van der Waals surface area (Å²) < 4.78 is 0. The first-order chi connectivity index (χ1) is 30.4. The molecule has 0 fully saturated rings. The lowest BCUT2D eigenvalue weighted by molar-refractivity contribution is -0.381. The number of aromatic nitrogens is 5. The number of aliphatic hydroxyl groups excluding tert-OH is 4. The SMILES string of the molecule is CCC1=C(C)c2nc1cc1[nH]c(cc3[nH]c(cc4[nH]c(cc5[nH+]c2C(C)=C5CC)c(C)c4CCC(=O)N(CCO)CCO)c(CC)c3CC)c(CCC(=O)N(CCO)CCO)c1C. The second kappa shape index (κ2) is 20.9. The zero-order valence-electron chi connectivity index (χ0n) is 38.6. The van der Waals surface area contributed by atoms with E-state index in [0.717, 1.165) is 115 Å². The third-order valence-electron chi connectivity index (χ3n) is 13.1. The van der Waals surface area contributed by atoms with Gasteiger partial charge in [-0.05, 0) is 129 Å². The minimum atomic E-state index is -0.176. The number of fused-ring (bicyclic) bond motifs is 11. The predicted molar refractivity (Wildman–Crippen MR) is 252 cm³/mol. The van der Waals surface area contributed by atoms with Crippen LogP contribution in [0.2, 0.25) is 0 Å². The normalized spacial score (nSPS) is 12.8. The summed E-state index contributed by atoms with van der Waals surface area (Å²) in [5.41, 5.74) is 20.6. The fraction of sp³-hybridized carbons (Fsp3) is 0.480. The Bertz CT molecular complexity index is 2440. The summed E-state index contributed by atoms with van der Waals surface area (Å²) in [6.07, 6.45) is 4.52. The number of nitrogens with one attached hydrogen (secondary N) is 4. The van der Waals surface area contributed by atoms with Gasteiger partial charge in [-0.3, -0.25) is 9.59 Å². The summed E-state index contributed by atoms with van der Waals surface area (Å²) in [5.74, 6) is -0.249. The number of H-pyrrole nitrogens is 4. The van der Waals surface area contributed by atoms with Crippen molar-refractivity contribution in [1.82, 2.24) is 29.7 Å². The maximum atomic E-state index is 13.5. The highest BCUT2D eigenvalue weighted by Gasteiger charge is 2.30. The molecule has 6 heterocycles. The van der Waals surface area contributed by atoms with Crippen LogP contribution in [0.15, 0.2) is 24.3 Å². The van der Waals surface area contributed by atoms with Crippen LogP contribution in [0.4, 0.5) is 0 Å². The van der Waals surface area contributed by atoms with Crippen molar-refractivity contribution >= 4 is 67.2 Å². The van der Waals surface area contributed by atoms with Gasteiger partial charge in [0.2, 0.25) is 23.2 Å². The molecule has 0 spiro atoms. The molecule has 63 heavy (non-hydrogen) atoms. The number of hydrogen-bond acceptors (Lipinski definition) is 7. The minimum Gasteiger partial charge on any atom is -0.395 e. The number of rotatable bonds is 18. The second-order valence-electron chi connectivity index (χ2n) is 16.6. The summed E-state index contributed by atoms with van der Waals surface area (Å²) in [6, 6.07) is 8.66. The number of amides is 2. The van der Waals surface area contributed by atoms with E-state index in [4.69, 9.17) is 4.98 Å². The number of aryl methyl sites for hydroxylation is 6. The van der Waals surface area contributed by atoms with Gasteiger partial charge < -0.3 is 45.2 Å². The van der Waals surface area contributed by atoms with E-state index in [1.807, 2.05) is 0 Å². The van der Waals surface area contributed by atoms with Gasteiger partial charge >= 0.3 is 0 Å². The van der Waals surface area contributed by atoms with E-state index in [9.17, 15) is 30.0 Å². The Balaban J connectivity index is 1.70. The predicted octanol–water partition coefficient (Wildman–Crippen LogP) is 6.69. The standard InChI is InChI=1S/C50H67N7O6/c1-9-33-31(7)49-50-32(8)34(10-2)42(55-50)26-40-30(6)38(14-16-48(63)57(19-23-60)20-24-61)46(52-40)28-44-36(12-4)35(11-3)43(53-44)27-45-37(29(5)39(51-45)25-41(33)54-49)13-15-47(62)56(17-21-58)18-22-59/h25-28,51-53,58-61H,9-24H2,1-8H3/p+1. The molecular formula is C50H68N7O6+. The van der Waals surface area contributed by atoms with Gasteiger partial charge in [-0.1, -0.05) is 27.7 Å². The van der Waals surface area contributed by atoms with Crippen molar-refractivity contribution in [3.8, 4) is 0 Å². The number of hydrogen-bond donors (Lipinski definition) is 7. The fourth-order valence-corrected chi connectivity index (χ4v) is 9.66. The van der Waals surface area contributed by atoms with Crippen molar-refractivity contribution in [1.29, 1.82) is 0 Å². The number of allylic oxidation sites excluding steroid dienone is 4. The molecule has 10 bridgehead atoms. The summed E-state index contributed by atoms with van der Waals surface area (Å²) in [5, 5.41) is 38.6. The van der Waals surface area contributed by atoms with Crippen LogP contribution in [0.5, 0.6) is 0 Å². The summed E-state index contributed by atoms with van der Waals surface area (Å²) >= 11 is 0. The molecule has 0 saturated carbocycles. The smallest absolute Gasteiger partial charge is 0.233 e. The van der Waals surface area contributed by atoms with E-state index in [-0.39, 0.29) is 77.3 Å². The van der Waals surface area contributed by atoms with Gasteiger partial charge in [0.15, 0.2) is 0 Å². The van der Waals surface area contributed by atoms with Gasteiger partial charge in [-0.25, -0.2) is 9.97 Å². The summed E-state index contributed by atoms with van der Waals surface area (Å²) in [7, 11) is 0. The van der Waals surface area contributed by atoms with E-state index in [1.54, 1.807) is 0 Å². The largest absolute Gasteiger partial charge is 0.395 e. The van der Waals surface area contributed by atoms with Crippen LogP contribution in [-0.2, 0) is 35.3 Å². The molecule has 0 unspecified atom stereocenters. The van der Waals surface area contributed by atoms with Crippen molar-refractivity contribution in [2.75, 3.05) is 52.6 Å². The minimum absolute atomic E-state index is 0.123. The molecule has 2 aliphatic rings. The molecule has 6 rings (SSSR count). The van der Waals surface area contributed by atoms with Gasteiger partial charge in [-0.2, -0.15) is 0 Å². The molecule has 13 heteroatoms. The van der Waals surface area contributed by atoms with Gasteiger partial charge in [-0.15, -0.1) is 0 Å². The average molecular weight is 863 g/mol. The van der Waals surface area contributed by atoms with Crippen LogP contribution in [0.3, 0.4) is 0 Å². The lowest BCUT2D eigenvalue weighted by atomic mass is 9.99. The Kier molecular flexibility index (Phi) is 15.6. The molecule has 0 aliphatic carbocycles. The molecule has 0 aromatic carbocycles. The molecular weight excluding hydrogens is 795 g/mol. The highest BCUT2D eigenvalue weighted by molar-refractivity contribution is 5.98. The number of aromatic amines is 4. The molecule has 338 valence electrons. The Hall–Kier alpha value is -5.34. The van der Waals surface area contributed by atoms with E-state index in [1.165, 1.54) is 32.1 Å². The quantitative estimate of drug-likeness (QED) is 0.0579. The highest BCUT2D eigenvalue weighted by Crippen LogP contribution is 2.39. The Morgan fingerprint density at radius 2 is 0.984 bits per heavy atom. The fourth-order valence-electron chi connectivity index (χ4n) is 9.66. The van der Waals surface area contributed by atoms with Crippen LogP contribution < -0.4 is 4.98 Å². The van der Waals surface area contributed by atoms with Crippen LogP contribution in [-0.4, -0.2) is 115 Å². The maximum absolute atomic E-state index is 13.5. The molecule has 4 aromatic rings. The molecule has 13 nitrogen and oxygen atoms in total. The van der Waals surface area contributed by atoms with Crippen molar-refractivity contribution in [3.05, 3.63) is 80.4 Å². The van der Waals surface area contributed by atoms with Crippen molar-refractivity contribution in [3.63, 3.8) is 0 Å². The second-order valence-corrected chi connectivity index (χ2v) is 16.6. The van der Waals surface area contributed by atoms with Crippen molar-refractivity contribution in [2.24, 2.45) is 0 Å². The average Bonchev–Trinajstić information content (AvgIpc) is 4.02. The number of carbonyl (C=O) groups excluding carboxylic acids is 2. The topological polar surface area (TPSA) is 196 Å². The number of nitrogens with zero attached hydrogens (tertiary/aromatic N) is 3. The van der Waals surface area contributed by atoms with Crippen LogP contribution in [0.1, 0.15) is 123 Å². The zero-order chi connectivity index (χ0) is 45.5. The molecule has 0 saturated heterocycles. The van der Waals surface area contributed by atoms with Crippen molar-refractivity contribution < 1.29 is 35.0 Å². The van der Waals surface area contributed by atoms with Gasteiger partial charge in [0, 0.05) is 89.3 Å². The third-order valence-corrected chi connectivity index (χ3v) is 13.1. The lowest BCUT2D eigenvalue weighted by Crippen LogP contribution is -2.36. The number of aliphatic hydroxyl groups is 4. The maximum Gasteiger partial charge on any atom is 0.233 e. The van der Waals surface area contributed by atoms with E-state index >= 15 is 0 Å². The third kappa shape index (κ3) is 9.62. The summed E-state index contributed by atoms with van der Waals surface area (Å²) in [4.78, 5) is 50.5. The molecule has 0 atom stereocenters. The van der Waals surface area contributed by atoms with Gasteiger partial charge in [0.1, 0.15) is 5.69 Å². The van der Waals surface area contributed by atoms with E-state index < -0.39 is 0 Å². The first kappa shape index (κ1) is 47.1. The molecule has 4 aromatic heterocycles. The highest BCUT2D eigenvalue weighted by atomic mass is 16.3. The molecule has 8 N–H and O–H groups in total. The molecule has 2 amide bonds. The summed E-state index contributed by atoms with van der Waals surface area (Å²) in [6.45, 7) is 17.1. The van der Waals surface area contributed by atoms with Crippen molar-refractivity contribution in [2.45, 2.75) is 107 Å². The monoisotopic (exact) mass is 863 g/mol. The Morgan fingerprint density at radius 1 is 0.556 bits per heavy atom. The Labute approximate surface area is 370 Å². The van der Waals surface area contributed by atoms with E-state index in [2.05, 4.69) is 99.6 Å². The molecule has 0 radical (unpaired) electrons. The van der Waals surface area contributed by atoms with Gasteiger partial charge in [0.05, 0.1) is 32.1 Å². The van der Waals surface area contributed by atoms with Gasteiger partial charge in [0.25, 0.3) is 0 Å². The number of carbonyl (C=O) groups is 2.